The van der Waals surface area contributed by atoms with Gasteiger partial charge in [0.05, 0.1) is 18.3 Å². The Bertz CT molecular complexity index is 1460. The molecular formula is C25H27FN4O6S. The Balaban J connectivity index is 0.000000289. The lowest BCUT2D eigenvalue weighted by atomic mass is 10.2. The molecule has 0 unspecified atom stereocenters. The van der Waals surface area contributed by atoms with Crippen molar-refractivity contribution in [3.05, 3.63) is 83.8 Å². The van der Waals surface area contributed by atoms with Gasteiger partial charge in [0, 0.05) is 36.5 Å². The molecule has 4 rings (SSSR count). The molecule has 12 heteroatoms. The third-order valence-corrected chi connectivity index (χ3v) is 5.86. The maximum absolute atomic E-state index is 12.5. The van der Waals surface area contributed by atoms with E-state index in [0.717, 1.165) is 11.1 Å². The van der Waals surface area contributed by atoms with E-state index in [0.29, 0.717) is 47.2 Å². The molecule has 0 amide bonds. The van der Waals surface area contributed by atoms with Gasteiger partial charge in [-0.15, -0.1) is 0 Å². The highest BCUT2D eigenvalue weighted by Crippen LogP contribution is 2.25. The number of halogens is 1. The quantitative estimate of drug-likeness (QED) is 0.268. The van der Waals surface area contributed by atoms with Gasteiger partial charge < -0.3 is 24.9 Å². The molecule has 196 valence electrons. The first kappa shape index (κ1) is 27.6. The van der Waals surface area contributed by atoms with Crippen molar-refractivity contribution < 1.29 is 31.3 Å². The van der Waals surface area contributed by atoms with Gasteiger partial charge in [0.25, 0.3) is 16.1 Å². The lowest BCUT2D eigenvalue weighted by Gasteiger charge is -2.06. The number of nitrogens with one attached hydrogen (secondary N) is 1. The van der Waals surface area contributed by atoms with E-state index in [-0.39, 0.29) is 18.0 Å². The number of benzene rings is 2. The Kier molecular flexibility index (Phi) is 9.55. The van der Waals surface area contributed by atoms with Crippen LogP contribution in [-0.4, -0.2) is 43.2 Å². The van der Waals surface area contributed by atoms with Crippen LogP contribution in [0.2, 0.25) is 0 Å². The van der Waals surface area contributed by atoms with E-state index in [2.05, 4.69) is 15.3 Å². The van der Waals surface area contributed by atoms with Crippen molar-refractivity contribution >= 4 is 27.2 Å². The average Bonchev–Trinajstić information content (AvgIpc) is 3.30. The summed E-state index contributed by atoms with van der Waals surface area (Å²) in [5, 5.41) is 3.10. The number of aryl methyl sites for hydroxylation is 1. The zero-order chi connectivity index (χ0) is 26.8. The molecule has 0 aliphatic heterocycles. The Labute approximate surface area is 213 Å². The maximum atomic E-state index is 12.5. The number of fused-ring (bicyclic) bond motifs is 1. The van der Waals surface area contributed by atoms with Crippen molar-refractivity contribution in [2.24, 2.45) is 5.73 Å². The van der Waals surface area contributed by atoms with Gasteiger partial charge in [-0.25, -0.2) is 9.37 Å². The largest absolute Gasteiger partial charge is 0.489 e. The van der Waals surface area contributed by atoms with E-state index in [1.807, 2.05) is 19.1 Å². The summed E-state index contributed by atoms with van der Waals surface area (Å²) >= 11 is 0. The number of hydrogen-bond acceptors (Lipinski definition) is 9. The number of aromatic nitrogens is 2. The second-order valence-corrected chi connectivity index (χ2v) is 9.14. The maximum Gasteiger partial charge on any atom is 0.295 e. The van der Waals surface area contributed by atoms with Crippen molar-refractivity contribution in [3.63, 3.8) is 0 Å². The number of hydrogen-bond donors (Lipinski definition) is 3. The van der Waals surface area contributed by atoms with Crippen LogP contribution in [0.15, 0.2) is 82.0 Å². The molecule has 0 aliphatic carbocycles. The molecule has 2 aromatic carbocycles. The van der Waals surface area contributed by atoms with Crippen LogP contribution in [0.25, 0.3) is 11.1 Å². The third-order valence-electron chi connectivity index (χ3n) is 4.99. The van der Waals surface area contributed by atoms with Crippen LogP contribution in [0.4, 0.5) is 10.4 Å². The Morgan fingerprint density at radius 1 is 1.22 bits per heavy atom. The van der Waals surface area contributed by atoms with E-state index < -0.39 is 10.1 Å². The Morgan fingerprint density at radius 2 is 1.97 bits per heavy atom. The molecule has 0 saturated carbocycles. The molecule has 4 aromatic rings. The van der Waals surface area contributed by atoms with Crippen LogP contribution in [0.3, 0.4) is 0 Å². The molecule has 0 radical (unpaired) electrons. The van der Waals surface area contributed by atoms with Crippen molar-refractivity contribution in [3.8, 4) is 11.6 Å². The third kappa shape index (κ3) is 8.00. The van der Waals surface area contributed by atoms with E-state index in [1.165, 1.54) is 12.1 Å². The van der Waals surface area contributed by atoms with Gasteiger partial charge in [0.15, 0.2) is 5.58 Å². The molecule has 10 nitrogen and oxygen atoms in total. The standard InChI is InChI=1S/C18H19FN4O3.C7H8O3S/c1-24-17-13(3-2-6-21-17)10-22-18-23-15-5-4-14(7-16(15)26-18)25-11-12(8-19)9-20;1-6-2-4-7(5-3-6)11(8,9)10/h2-8H,9-11,20H2,1H3,(H,22,23);2-5H,1H3,(H,8,9,10). The summed E-state index contributed by atoms with van der Waals surface area (Å²) in [6.07, 6.45) is 2.12. The molecule has 2 heterocycles. The summed E-state index contributed by atoms with van der Waals surface area (Å²) in [6, 6.07) is 15.3. The Morgan fingerprint density at radius 3 is 2.62 bits per heavy atom. The number of methoxy groups -OCH3 is 1. The first-order valence-electron chi connectivity index (χ1n) is 11.0. The van der Waals surface area contributed by atoms with Crippen LogP contribution >= 0.6 is 0 Å². The molecular weight excluding hydrogens is 503 g/mol. The van der Waals surface area contributed by atoms with Gasteiger partial charge in [-0.1, -0.05) is 23.8 Å². The fraction of sp³-hybridized carbons (Fsp3) is 0.200. The fourth-order valence-electron chi connectivity index (χ4n) is 3.00. The Hall–Kier alpha value is -4.00. The summed E-state index contributed by atoms with van der Waals surface area (Å²) in [7, 11) is -2.45. The predicted octanol–water partition coefficient (Wildman–Crippen LogP) is 4.28. The number of nitrogens with two attached hydrogens (primary N) is 1. The minimum absolute atomic E-state index is 0.0666. The second kappa shape index (κ2) is 12.8. The van der Waals surface area contributed by atoms with Crippen molar-refractivity contribution in [2.45, 2.75) is 18.4 Å². The van der Waals surface area contributed by atoms with Crippen LogP contribution < -0.4 is 20.5 Å². The van der Waals surface area contributed by atoms with E-state index in [1.54, 1.807) is 43.6 Å². The molecule has 0 aliphatic rings. The number of nitrogens with zero attached hydrogens (tertiary/aromatic N) is 2. The monoisotopic (exact) mass is 530 g/mol. The number of ether oxygens (including phenoxy) is 2. The highest BCUT2D eigenvalue weighted by atomic mass is 32.2. The van der Waals surface area contributed by atoms with Gasteiger partial charge in [-0.3, -0.25) is 4.55 Å². The van der Waals surface area contributed by atoms with Crippen LogP contribution in [-0.2, 0) is 16.7 Å². The van der Waals surface area contributed by atoms with Gasteiger partial charge in [-0.2, -0.15) is 13.4 Å². The highest BCUT2D eigenvalue weighted by molar-refractivity contribution is 7.85. The molecule has 0 spiro atoms. The lowest BCUT2D eigenvalue weighted by Crippen LogP contribution is -2.10. The topological polar surface area (TPSA) is 150 Å². The van der Waals surface area contributed by atoms with E-state index in [9.17, 15) is 12.8 Å². The van der Waals surface area contributed by atoms with Crippen LogP contribution in [0, 0.1) is 6.92 Å². The zero-order valence-corrected chi connectivity index (χ0v) is 21.0. The lowest BCUT2D eigenvalue weighted by molar-refractivity contribution is 0.347. The highest BCUT2D eigenvalue weighted by Gasteiger charge is 2.10. The van der Waals surface area contributed by atoms with Crippen molar-refractivity contribution in [1.29, 1.82) is 0 Å². The van der Waals surface area contributed by atoms with Crippen LogP contribution in [0.1, 0.15) is 11.1 Å². The number of anilines is 1. The molecule has 0 bridgehead atoms. The summed E-state index contributed by atoms with van der Waals surface area (Å²) in [6.45, 7) is 2.48. The van der Waals surface area contributed by atoms with Gasteiger partial charge >= 0.3 is 0 Å². The van der Waals surface area contributed by atoms with Crippen molar-refractivity contribution in [1.82, 2.24) is 9.97 Å². The normalized spacial score (nSPS) is 11.5. The number of pyridine rings is 1. The molecule has 0 saturated heterocycles. The van der Waals surface area contributed by atoms with E-state index >= 15 is 0 Å². The SMILES string of the molecule is COc1ncccc1CNc1nc2ccc(OCC(=CF)CN)cc2o1.Cc1ccc(S(=O)(=O)O)cc1. The smallest absolute Gasteiger partial charge is 0.295 e. The molecule has 0 fully saturated rings. The average molecular weight is 531 g/mol. The predicted molar refractivity (Wildman–Crippen MR) is 137 cm³/mol. The summed E-state index contributed by atoms with van der Waals surface area (Å²) in [5.41, 5.74) is 8.85. The first-order chi connectivity index (χ1) is 17.7. The molecule has 37 heavy (non-hydrogen) atoms. The van der Waals surface area contributed by atoms with E-state index in [4.69, 9.17) is 24.2 Å². The summed E-state index contributed by atoms with van der Waals surface area (Å²) in [5.74, 6) is 1.09. The van der Waals surface area contributed by atoms with Crippen molar-refractivity contribution in [2.75, 3.05) is 25.6 Å². The molecule has 2 aromatic heterocycles. The number of oxazole rings is 1. The number of rotatable bonds is 9. The zero-order valence-electron chi connectivity index (χ0n) is 20.2. The minimum Gasteiger partial charge on any atom is -0.489 e. The second-order valence-electron chi connectivity index (χ2n) is 7.72. The molecule has 4 N–H and O–H groups in total. The fourth-order valence-corrected chi connectivity index (χ4v) is 3.48. The molecule has 0 atom stereocenters. The van der Waals surface area contributed by atoms with Gasteiger partial charge in [-0.05, 0) is 37.3 Å². The summed E-state index contributed by atoms with van der Waals surface area (Å²) < 4.78 is 58.5. The van der Waals surface area contributed by atoms with Crippen LogP contribution in [0.5, 0.6) is 11.6 Å². The van der Waals surface area contributed by atoms with Gasteiger partial charge in [0.1, 0.15) is 17.9 Å². The van der Waals surface area contributed by atoms with Gasteiger partial charge in [0.2, 0.25) is 5.88 Å². The first-order valence-corrected chi connectivity index (χ1v) is 12.4. The summed E-state index contributed by atoms with van der Waals surface area (Å²) in [4.78, 5) is 8.44. The minimum atomic E-state index is -4.02.